The van der Waals surface area contributed by atoms with Crippen LogP contribution >= 0.6 is 23.1 Å². The molecular formula is C14H19N3S2. The second-order valence-electron chi connectivity index (χ2n) is 5.44. The van der Waals surface area contributed by atoms with Gasteiger partial charge in [-0.2, -0.15) is 11.8 Å². The van der Waals surface area contributed by atoms with Gasteiger partial charge in [0.15, 0.2) is 0 Å². The molecule has 3 heterocycles. The van der Waals surface area contributed by atoms with Gasteiger partial charge < -0.3 is 5.32 Å². The molecule has 2 aromatic rings. The third-order valence-electron chi connectivity index (χ3n) is 3.90. The fourth-order valence-electron chi connectivity index (χ4n) is 2.56. The Labute approximate surface area is 122 Å². The predicted octanol–water partition coefficient (Wildman–Crippen LogP) is 4.01. The zero-order valence-corrected chi connectivity index (χ0v) is 13.2. The van der Waals surface area contributed by atoms with Crippen molar-refractivity contribution in [3.63, 3.8) is 0 Å². The lowest BCUT2D eigenvalue weighted by molar-refractivity contribution is 0.634. The topological polar surface area (TPSA) is 37.8 Å². The van der Waals surface area contributed by atoms with Crippen molar-refractivity contribution in [1.82, 2.24) is 9.97 Å². The van der Waals surface area contributed by atoms with Crippen molar-refractivity contribution < 1.29 is 0 Å². The number of thiophene rings is 1. The average molecular weight is 293 g/mol. The molecule has 0 saturated carbocycles. The molecule has 2 aromatic heterocycles. The summed E-state index contributed by atoms with van der Waals surface area (Å²) < 4.78 is 0.357. The van der Waals surface area contributed by atoms with Gasteiger partial charge in [0.1, 0.15) is 17.0 Å². The highest BCUT2D eigenvalue weighted by atomic mass is 32.2. The SMILES string of the molecule is Cc1sc2ncnc(NCC3(C)CCCS3)c2c1C. The quantitative estimate of drug-likeness (QED) is 0.928. The van der Waals surface area contributed by atoms with Gasteiger partial charge in [0.2, 0.25) is 0 Å². The standard InChI is InChI=1S/C14H19N3S2/c1-9-10(2)19-13-11(9)12(16-8-17-13)15-7-14(3)5-4-6-18-14/h8H,4-7H2,1-3H3,(H,15,16,17). The summed E-state index contributed by atoms with van der Waals surface area (Å²) in [5.41, 5.74) is 1.31. The molecule has 5 heteroatoms. The van der Waals surface area contributed by atoms with Crippen LogP contribution in [0.15, 0.2) is 6.33 Å². The Hall–Kier alpha value is -0.810. The smallest absolute Gasteiger partial charge is 0.138 e. The summed E-state index contributed by atoms with van der Waals surface area (Å²) >= 11 is 3.83. The second kappa shape index (κ2) is 4.94. The van der Waals surface area contributed by atoms with Crippen LogP contribution in [0, 0.1) is 13.8 Å². The zero-order valence-electron chi connectivity index (χ0n) is 11.6. The fraction of sp³-hybridized carbons (Fsp3) is 0.571. The van der Waals surface area contributed by atoms with Crippen LogP contribution in [0.3, 0.4) is 0 Å². The number of nitrogens with zero attached hydrogens (tertiary/aromatic N) is 2. The molecule has 0 aromatic carbocycles. The van der Waals surface area contributed by atoms with E-state index >= 15 is 0 Å². The molecule has 1 aliphatic heterocycles. The maximum absolute atomic E-state index is 4.45. The van der Waals surface area contributed by atoms with E-state index in [2.05, 4.69) is 47.8 Å². The molecule has 1 fully saturated rings. The van der Waals surface area contributed by atoms with E-state index in [4.69, 9.17) is 0 Å². The number of aryl methyl sites for hydroxylation is 2. The van der Waals surface area contributed by atoms with Gasteiger partial charge in [-0.15, -0.1) is 11.3 Å². The molecule has 19 heavy (non-hydrogen) atoms. The minimum Gasteiger partial charge on any atom is -0.368 e. The molecule has 1 N–H and O–H groups in total. The highest BCUT2D eigenvalue weighted by molar-refractivity contribution is 8.00. The number of anilines is 1. The zero-order chi connectivity index (χ0) is 13.5. The first-order chi connectivity index (χ1) is 9.09. The molecule has 1 unspecified atom stereocenters. The second-order valence-corrected chi connectivity index (χ2v) is 8.33. The summed E-state index contributed by atoms with van der Waals surface area (Å²) in [6.07, 6.45) is 4.29. The van der Waals surface area contributed by atoms with E-state index in [-0.39, 0.29) is 0 Å². The molecule has 1 aliphatic rings. The van der Waals surface area contributed by atoms with Crippen molar-refractivity contribution in [2.75, 3.05) is 17.6 Å². The van der Waals surface area contributed by atoms with Crippen LogP contribution in [-0.2, 0) is 0 Å². The Kier molecular flexibility index (Phi) is 3.43. The monoisotopic (exact) mass is 293 g/mol. The van der Waals surface area contributed by atoms with Crippen molar-refractivity contribution in [2.45, 2.75) is 38.4 Å². The normalized spacial score (nSPS) is 23.1. The minimum absolute atomic E-state index is 0.357. The van der Waals surface area contributed by atoms with Gasteiger partial charge in [-0.1, -0.05) is 0 Å². The fourth-order valence-corrected chi connectivity index (χ4v) is 4.80. The van der Waals surface area contributed by atoms with E-state index in [1.807, 2.05) is 0 Å². The van der Waals surface area contributed by atoms with Gasteiger partial charge in [-0.3, -0.25) is 0 Å². The van der Waals surface area contributed by atoms with Gasteiger partial charge in [0, 0.05) is 16.2 Å². The van der Waals surface area contributed by atoms with E-state index in [9.17, 15) is 0 Å². The van der Waals surface area contributed by atoms with Crippen molar-refractivity contribution in [3.8, 4) is 0 Å². The molecule has 0 aliphatic carbocycles. The number of aromatic nitrogens is 2. The first kappa shape index (κ1) is 13.2. The summed E-state index contributed by atoms with van der Waals surface area (Å²) in [5, 5.41) is 4.76. The first-order valence-electron chi connectivity index (χ1n) is 6.68. The molecular weight excluding hydrogens is 274 g/mol. The summed E-state index contributed by atoms with van der Waals surface area (Å²) in [4.78, 5) is 11.3. The van der Waals surface area contributed by atoms with Gasteiger partial charge in [0.25, 0.3) is 0 Å². The van der Waals surface area contributed by atoms with E-state index in [0.29, 0.717) is 4.75 Å². The molecule has 0 radical (unpaired) electrons. The van der Waals surface area contributed by atoms with Crippen LogP contribution in [0.1, 0.15) is 30.2 Å². The Morgan fingerprint density at radius 2 is 2.21 bits per heavy atom. The Morgan fingerprint density at radius 3 is 2.95 bits per heavy atom. The summed E-state index contributed by atoms with van der Waals surface area (Å²) in [6.45, 7) is 7.65. The van der Waals surface area contributed by atoms with Crippen molar-refractivity contribution in [2.24, 2.45) is 0 Å². The summed E-state index contributed by atoms with van der Waals surface area (Å²) in [5.74, 6) is 2.29. The van der Waals surface area contributed by atoms with Crippen molar-refractivity contribution >= 4 is 39.1 Å². The van der Waals surface area contributed by atoms with Gasteiger partial charge in [0.05, 0.1) is 5.39 Å². The Bertz CT molecular complexity index is 600. The first-order valence-corrected chi connectivity index (χ1v) is 8.48. The van der Waals surface area contributed by atoms with E-state index < -0.39 is 0 Å². The van der Waals surface area contributed by atoms with Crippen LogP contribution in [0.2, 0.25) is 0 Å². The number of fused-ring (bicyclic) bond motifs is 1. The molecule has 1 saturated heterocycles. The number of rotatable bonds is 3. The highest BCUT2D eigenvalue weighted by Gasteiger charge is 2.29. The van der Waals surface area contributed by atoms with Gasteiger partial charge in [-0.05, 0) is 44.9 Å². The van der Waals surface area contributed by atoms with Crippen LogP contribution < -0.4 is 5.32 Å². The molecule has 102 valence electrons. The third-order valence-corrected chi connectivity index (χ3v) is 6.55. The van der Waals surface area contributed by atoms with Crippen molar-refractivity contribution in [3.05, 3.63) is 16.8 Å². The number of nitrogens with one attached hydrogen (secondary N) is 1. The van der Waals surface area contributed by atoms with Gasteiger partial charge >= 0.3 is 0 Å². The largest absolute Gasteiger partial charge is 0.368 e. The summed E-state index contributed by atoms with van der Waals surface area (Å²) in [6, 6.07) is 0. The lowest BCUT2D eigenvalue weighted by Gasteiger charge is -2.23. The van der Waals surface area contributed by atoms with Crippen LogP contribution in [-0.4, -0.2) is 27.0 Å². The number of hydrogen-bond acceptors (Lipinski definition) is 5. The molecule has 0 bridgehead atoms. The van der Waals surface area contributed by atoms with Crippen LogP contribution in [0.5, 0.6) is 0 Å². The summed E-state index contributed by atoms with van der Waals surface area (Å²) in [7, 11) is 0. The van der Waals surface area contributed by atoms with Crippen molar-refractivity contribution in [1.29, 1.82) is 0 Å². The van der Waals surface area contributed by atoms with Gasteiger partial charge in [-0.25, -0.2) is 9.97 Å². The Morgan fingerprint density at radius 1 is 1.37 bits per heavy atom. The third kappa shape index (κ3) is 2.46. The maximum Gasteiger partial charge on any atom is 0.138 e. The lowest BCUT2D eigenvalue weighted by atomic mass is 10.1. The molecule has 1 atom stereocenters. The average Bonchev–Trinajstić information content (AvgIpc) is 2.94. The molecule has 0 spiro atoms. The Balaban J connectivity index is 1.88. The highest BCUT2D eigenvalue weighted by Crippen LogP contribution is 2.38. The van der Waals surface area contributed by atoms with Crippen LogP contribution in [0.25, 0.3) is 10.2 Å². The predicted molar refractivity (Wildman–Crippen MR) is 85.5 cm³/mol. The minimum atomic E-state index is 0.357. The van der Waals surface area contributed by atoms with Crippen LogP contribution in [0.4, 0.5) is 5.82 Å². The maximum atomic E-state index is 4.45. The molecule has 3 nitrogen and oxygen atoms in total. The van der Waals surface area contributed by atoms with E-state index in [1.54, 1.807) is 17.7 Å². The van der Waals surface area contributed by atoms with E-state index in [0.717, 1.165) is 17.2 Å². The number of thioether (sulfide) groups is 1. The molecule has 0 amide bonds. The van der Waals surface area contributed by atoms with E-state index in [1.165, 1.54) is 34.4 Å². The molecule has 3 rings (SSSR count). The lowest BCUT2D eigenvalue weighted by Crippen LogP contribution is -2.27. The number of hydrogen-bond donors (Lipinski definition) is 1.